The first kappa shape index (κ1) is 14.0. The fourth-order valence-electron chi connectivity index (χ4n) is 2.47. The van der Waals surface area contributed by atoms with Gasteiger partial charge in [0.15, 0.2) is 0 Å². The van der Waals surface area contributed by atoms with Crippen molar-refractivity contribution in [2.24, 2.45) is 0 Å². The molecule has 1 fully saturated rings. The average Bonchev–Trinajstić information content (AvgIpc) is 2.47. The first-order valence-corrected chi connectivity index (χ1v) is 6.50. The Balaban J connectivity index is 0.00000133. The lowest BCUT2D eigenvalue weighted by Gasteiger charge is -2.32. The van der Waals surface area contributed by atoms with Gasteiger partial charge in [-0.25, -0.2) is 4.98 Å². The van der Waals surface area contributed by atoms with Crippen LogP contribution in [0.3, 0.4) is 0 Å². The molecule has 0 amide bonds. The zero-order chi connectivity index (χ0) is 12.4. The smallest absolute Gasteiger partial charge is 0.147 e. The molecule has 2 heterocycles. The number of fused-ring (bicyclic) bond motifs is 1. The highest BCUT2D eigenvalue weighted by Gasteiger charge is 2.19. The van der Waals surface area contributed by atoms with E-state index in [0.717, 1.165) is 29.9 Å². The van der Waals surface area contributed by atoms with E-state index in [1.54, 1.807) is 0 Å². The second-order valence-electron chi connectivity index (χ2n) is 4.83. The van der Waals surface area contributed by atoms with Gasteiger partial charge >= 0.3 is 0 Å². The molecule has 4 nitrogen and oxygen atoms in total. The van der Waals surface area contributed by atoms with Crippen molar-refractivity contribution in [3.05, 3.63) is 30.5 Å². The second kappa shape index (κ2) is 6.17. The van der Waals surface area contributed by atoms with Crippen molar-refractivity contribution in [2.75, 3.05) is 25.0 Å². The molecule has 1 aliphatic heterocycles. The zero-order valence-corrected chi connectivity index (χ0v) is 11.9. The number of hydrogen-bond donors (Lipinski definition) is 1. The summed E-state index contributed by atoms with van der Waals surface area (Å²) in [6.07, 6.45) is 4.32. The van der Waals surface area contributed by atoms with Crippen LogP contribution in [0, 0.1) is 0 Å². The Kier molecular flexibility index (Phi) is 4.56. The van der Waals surface area contributed by atoms with Crippen molar-refractivity contribution in [3.8, 4) is 0 Å². The van der Waals surface area contributed by atoms with Crippen molar-refractivity contribution in [1.29, 1.82) is 0 Å². The Hall–Kier alpha value is -1.39. The molecular weight excluding hydrogens is 260 g/mol. The lowest BCUT2D eigenvalue weighted by Crippen LogP contribution is -2.44. The van der Waals surface area contributed by atoms with Crippen LogP contribution in [0.25, 0.3) is 11.0 Å². The van der Waals surface area contributed by atoms with E-state index in [4.69, 9.17) is 0 Å². The van der Waals surface area contributed by atoms with Crippen LogP contribution in [0.2, 0.25) is 0 Å². The Morgan fingerprint density at radius 3 is 2.79 bits per heavy atom. The fourth-order valence-corrected chi connectivity index (χ4v) is 2.47. The highest BCUT2D eigenvalue weighted by atomic mass is 35.5. The summed E-state index contributed by atoms with van der Waals surface area (Å²) in [5, 5.41) is 3.43. The molecule has 2 aromatic rings. The first-order chi connectivity index (χ1) is 8.84. The maximum Gasteiger partial charge on any atom is 0.147 e. The SMILES string of the molecule is CN(c1cnc2ccccc2n1)[C@@H]1CCCNC1.Cl. The van der Waals surface area contributed by atoms with Crippen LogP contribution in [0.4, 0.5) is 5.82 Å². The second-order valence-corrected chi connectivity index (χ2v) is 4.83. The van der Waals surface area contributed by atoms with Crippen LogP contribution in [0.5, 0.6) is 0 Å². The zero-order valence-electron chi connectivity index (χ0n) is 11.0. The van der Waals surface area contributed by atoms with E-state index in [9.17, 15) is 0 Å². The van der Waals surface area contributed by atoms with Gasteiger partial charge in [0.25, 0.3) is 0 Å². The number of halogens is 1. The molecule has 1 aromatic carbocycles. The van der Waals surface area contributed by atoms with Gasteiger partial charge in [0.05, 0.1) is 17.2 Å². The van der Waals surface area contributed by atoms with Gasteiger partial charge < -0.3 is 10.2 Å². The number of likely N-dealkylation sites (N-methyl/N-ethyl adjacent to an activating group) is 1. The van der Waals surface area contributed by atoms with Gasteiger partial charge in [0.1, 0.15) is 5.82 Å². The number of rotatable bonds is 2. The Morgan fingerprint density at radius 1 is 1.26 bits per heavy atom. The van der Waals surface area contributed by atoms with Crippen LogP contribution in [0.15, 0.2) is 30.5 Å². The highest BCUT2D eigenvalue weighted by molar-refractivity contribution is 5.85. The third-order valence-corrected chi connectivity index (χ3v) is 3.62. The molecule has 0 aliphatic carbocycles. The van der Waals surface area contributed by atoms with E-state index < -0.39 is 0 Å². The summed E-state index contributed by atoms with van der Waals surface area (Å²) in [5.41, 5.74) is 1.92. The molecule has 1 saturated heterocycles. The van der Waals surface area contributed by atoms with Gasteiger partial charge in [-0.1, -0.05) is 12.1 Å². The minimum absolute atomic E-state index is 0. The van der Waals surface area contributed by atoms with Crippen LogP contribution >= 0.6 is 12.4 Å². The van der Waals surface area contributed by atoms with Crippen molar-refractivity contribution in [2.45, 2.75) is 18.9 Å². The largest absolute Gasteiger partial charge is 0.354 e. The summed E-state index contributed by atoms with van der Waals surface area (Å²) in [6, 6.07) is 8.52. The number of aromatic nitrogens is 2. The summed E-state index contributed by atoms with van der Waals surface area (Å²) in [6.45, 7) is 2.17. The van der Waals surface area contributed by atoms with Crippen molar-refractivity contribution in [1.82, 2.24) is 15.3 Å². The molecule has 1 N–H and O–H groups in total. The van der Waals surface area contributed by atoms with Crippen LogP contribution < -0.4 is 10.2 Å². The normalized spacial score (nSPS) is 18.9. The topological polar surface area (TPSA) is 41.1 Å². The average molecular weight is 279 g/mol. The number of anilines is 1. The van der Waals surface area contributed by atoms with Gasteiger partial charge in [-0.3, -0.25) is 4.98 Å². The highest BCUT2D eigenvalue weighted by Crippen LogP contribution is 2.18. The maximum atomic E-state index is 4.69. The number of nitrogens with one attached hydrogen (secondary N) is 1. The van der Waals surface area contributed by atoms with Gasteiger partial charge in [-0.2, -0.15) is 0 Å². The molecular formula is C14H19ClN4. The summed E-state index contributed by atoms with van der Waals surface area (Å²) < 4.78 is 0. The van der Waals surface area contributed by atoms with Crippen LogP contribution in [0.1, 0.15) is 12.8 Å². The number of benzene rings is 1. The Labute approximate surface area is 119 Å². The van der Waals surface area contributed by atoms with Crippen LogP contribution in [-0.4, -0.2) is 36.1 Å². The number of nitrogens with zero attached hydrogens (tertiary/aromatic N) is 3. The van der Waals surface area contributed by atoms with E-state index in [2.05, 4.69) is 27.2 Å². The van der Waals surface area contributed by atoms with E-state index in [-0.39, 0.29) is 12.4 Å². The number of hydrogen-bond acceptors (Lipinski definition) is 4. The first-order valence-electron chi connectivity index (χ1n) is 6.50. The predicted octanol–water partition coefficient (Wildman–Crippen LogP) is 2.24. The van der Waals surface area contributed by atoms with Crippen molar-refractivity contribution >= 4 is 29.3 Å². The summed E-state index contributed by atoms with van der Waals surface area (Å²) in [4.78, 5) is 11.4. The molecule has 0 saturated carbocycles. The predicted molar refractivity (Wildman–Crippen MR) is 81.1 cm³/mol. The monoisotopic (exact) mass is 278 g/mol. The number of piperidine rings is 1. The fraction of sp³-hybridized carbons (Fsp3) is 0.429. The van der Waals surface area contributed by atoms with E-state index >= 15 is 0 Å². The third kappa shape index (κ3) is 2.96. The quantitative estimate of drug-likeness (QED) is 0.915. The summed E-state index contributed by atoms with van der Waals surface area (Å²) in [5.74, 6) is 0.961. The van der Waals surface area contributed by atoms with Gasteiger partial charge in [0.2, 0.25) is 0 Å². The molecule has 0 unspecified atom stereocenters. The Bertz CT molecular complexity index is 540. The Morgan fingerprint density at radius 2 is 2.05 bits per heavy atom. The minimum atomic E-state index is 0. The molecule has 19 heavy (non-hydrogen) atoms. The molecule has 1 aliphatic rings. The molecule has 0 spiro atoms. The molecule has 1 aromatic heterocycles. The van der Waals surface area contributed by atoms with Crippen molar-refractivity contribution in [3.63, 3.8) is 0 Å². The van der Waals surface area contributed by atoms with Crippen molar-refractivity contribution < 1.29 is 0 Å². The molecule has 5 heteroatoms. The number of para-hydroxylation sites is 2. The third-order valence-electron chi connectivity index (χ3n) is 3.62. The lowest BCUT2D eigenvalue weighted by molar-refractivity contribution is 0.443. The molecule has 0 bridgehead atoms. The van der Waals surface area contributed by atoms with Gasteiger partial charge in [-0.15, -0.1) is 12.4 Å². The van der Waals surface area contributed by atoms with E-state index in [0.29, 0.717) is 6.04 Å². The summed E-state index contributed by atoms with van der Waals surface area (Å²) in [7, 11) is 2.11. The van der Waals surface area contributed by atoms with Gasteiger partial charge in [-0.05, 0) is 31.5 Å². The van der Waals surface area contributed by atoms with E-state index in [1.165, 1.54) is 12.8 Å². The maximum absolute atomic E-state index is 4.69. The molecule has 1 atom stereocenters. The molecule has 3 rings (SSSR count). The lowest BCUT2D eigenvalue weighted by atomic mass is 10.1. The molecule has 102 valence electrons. The van der Waals surface area contributed by atoms with Gasteiger partial charge in [0, 0.05) is 19.6 Å². The standard InChI is InChI=1S/C14H18N4.ClH/c1-18(11-5-4-8-15-9-11)14-10-16-12-6-2-3-7-13(12)17-14;/h2-3,6-7,10-11,15H,4-5,8-9H2,1H3;1H/t11-;/m1./s1. The molecule has 0 radical (unpaired) electrons. The minimum Gasteiger partial charge on any atom is -0.354 e. The van der Waals surface area contributed by atoms with Crippen LogP contribution in [-0.2, 0) is 0 Å². The van der Waals surface area contributed by atoms with E-state index in [1.807, 2.05) is 30.5 Å². The summed E-state index contributed by atoms with van der Waals surface area (Å²) >= 11 is 0.